The summed E-state index contributed by atoms with van der Waals surface area (Å²) in [4.78, 5) is 28.1. The third kappa shape index (κ3) is 7.83. The fourth-order valence-electron chi connectivity index (χ4n) is 5.59. The van der Waals surface area contributed by atoms with Gasteiger partial charge in [0.1, 0.15) is 23.9 Å². The summed E-state index contributed by atoms with van der Waals surface area (Å²) in [6.07, 6.45) is 5.43. The summed E-state index contributed by atoms with van der Waals surface area (Å²) in [5, 5.41) is 22.3. The number of hydrogen-bond donors (Lipinski definition) is 4. The third-order valence-corrected chi connectivity index (χ3v) is 7.48. The summed E-state index contributed by atoms with van der Waals surface area (Å²) >= 11 is 0. The van der Waals surface area contributed by atoms with Gasteiger partial charge in [0.25, 0.3) is 0 Å². The second-order valence-corrected chi connectivity index (χ2v) is 10.1. The zero-order valence-electron chi connectivity index (χ0n) is 24.3. The van der Waals surface area contributed by atoms with Crippen LogP contribution in [0.3, 0.4) is 0 Å². The lowest BCUT2D eigenvalue weighted by Gasteiger charge is -2.27. The minimum atomic E-state index is -1.26. The van der Waals surface area contributed by atoms with Gasteiger partial charge in [-0.2, -0.15) is 0 Å². The summed E-state index contributed by atoms with van der Waals surface area (Å²) in [7, 11) is 0. The van der Waals surface area contributed by atoms with E-state index >= 15 is 0 Å². The Bertz CT molecular complexity index is 1250. The molecule has 0 bridgehead atoms. The molecule has 224 valence electrons. The zero-order chi connectivity index (χ0) is 29.9. The summed E-state index contributed by atoms with van der Waals surface area (Å²) in [5.41, 5.74) is 8.47. The van der Waals surface area contributed by atoms with Gasteiger partial charge >= 0.3 is 11.9 Å². The highest BCUT2D eigenvalue weighted by atomic mass is 16.5. The SMILES string of the molecule is CCc1cccc2c1CCOC2C1=NCCN1.CCc1cccc2c1CCOC2C1=NCCN1.O=C(O)/C=C/C(=O)O. The Labute approximate surface area is 246 Å². The van der Waals surface area contributed by atoms with Crippen LogP contribution in [0.1, 0.15) is 59.4 Å². The zero-order valence-corrected chi connectivity index (χ0v) is 24.3. The number of rotatable bonds is 6. The number of amidine groups is 2. The van der Waals surface area contributed by atoms with Gasteiger partial charge in [0, 0.05) is 25.2 Å². The first-order valence-corrected chi connectivity index (χ1v) is 14.6. The Morgan fingerprint density at radius 1 is 0.786 bits per heavy atom. The Balaban J connectivity index is 0.000000155. The van der Waals surface area contributed by atoms with E-state index in [1.165, 1.54) is 33.4 Å². The number of aliphatic carboxylic acids is 2. The molecule has 0 spiro atoms. The number of nitrogens with zero attached hydrogens (tertiary/aromatic N) is 2. The highest BCUT2D eigenvalue weighted by Crippen LogP contribution is 2.32. The molecule has 0 saturated heterocycles. The molecular weight excluding hydrogens is 536 g/mol. The normalized spacial score (nSPS) is 20.3. The maximum absolute atomic E-state index is 9.55. The van der Waals surface area contributed by atoms with Gasteiger partial charge in [-0.3, -0.25) is 9.98 Å². The van der Waals surface area contributed by atoms with Gasteiger partial charge in [0.15, 0.2) is 0 Å². The van der Waals surface area contributed by atoms with E-state index in [1.54, 1.807) is 0 Å². The lowest BCUT2D eigenvalue weighted by atomic mass is 9.91. The van der Waals surface area contributed by atoms with E-state index in [0.29, 0.717) is 12.2 Å². The van der Waals surface area contributed by atoms with Crippen LogP contribution in [0.25, 0.3) is 0 Å². The van der Waals surface area contributed by atoms with E-state index < -0.39 is 11.9 Å². The van der Waals surface area contributed by atoms with Crippen LogP contribution in [0.15, 0.2) is 58.5 Å². The number of aliphatic imine (C=N–C) groups is 2. The number of benzene rings is 2. The number of aryl methyl sites for hydroxylation is 2. The number of carboxylic acids is 2. The highest BCUT2D eigenvalue weighted by Gasteiger charge is 2.29. The number of carbonyl (C=O) groups is 2. The fourth-order valence-corrected chi connectivity index (χ4v) is 5.59. The van der Waals surface area contributed by atoms with Gasteiger partial charge < -0.3 is 30.3 Å². The van der Waals surface area contributed by atoms with E-state index in [0.717, 1.165) is 76.7 Å². The number of carboxylic acid groups (broad SMARTS) is 2. The molecule has 4 aliphatic rings. The van der Waals surface area contributed by atoms with Crippen molar-refractivity contribution in [3.05, 3.63) is 81.9 Å². The second kappa shape index (κ2) is 15.3. The topological polar surface area (TPSA) is 142 Å². The molecule has 10 nitrogen and oxygen atoms in total. The van der Waals surface area contributed by atoms with Crippen LogP contribution < -0.4 is 10.6 Å². The van der Waals surface area contributed by atoms with Crippen molar-refractivity contribution >= 4 is 23.6 Å². The van der Waals surface area contributed by atoms with E-state index in [1.807, 2.05) is 0 Å². The van der Waals surface area contributed by atoms with Gasteiger partial charge in [-0.25, -0.2) is 9.59 Å². The molecule has 6 rings (SSSR count). The molecule has 2 unspecified atom stereocenters. The summed E-state index contributed by atoms with van der Waals surface area (Å²) in [6, 6.07) is 13.1. The molecule has 42 heavy (non-hydrogen) atoms. The fraction of sp³-hybridized carbons (Fsp3) is 0.438. The molecule has 0 saturated carbocycles. The van der Waals surface area contributed by atoms with Crippen molar-refractivity contribution in [3.63, 3.8) is 0 Å². The van der Waals surface area contributed by atoms with Crippen LogP contribution in [0.4, 0.5) is 0 Å². The Hall–Kier alpha value is -4.02. The van der Waals surface area contributed by atoms with Gasteiger partial charge in [-0.05, 0) is 59.1 Å². The molecule has 0 aromatic heterocycles. The van der Waals surface area contributed by atoms with Crippen molar-refractivity contribution < 1.29 is 29.3 Å². The molecule has 0 radical (unpaired) electrons. The van der Waals surface area contributed by atoms with Crippen LogP contribution in [-0.4, -0.2) is 73.2 Å². The van der Waals surface area contributed by atoms with E-state index in [2.05, 4.69) is 70.9 Å². The smallest absolute Gasteiger partial charge is 0.328 e. The van der Waals surface area contributed by atoms with Gasteiger partial charge in [-0.15, -0.1) is 0 Å². The first kappa shape index (κ1) is 30.9. The van der Waals surface area contributed by atoms with Crippen molar-refractivity contribution in [1.29, 1.82) is 0 Å². The second-order valence-electron chi connectivity index (χ2n) is 10.1. The number of nitrogens with one attached hydrogen (secondary N) is 2. The average Bonchev–Trinajstić information content (AvgIpc) is 3.75. The molecule has 4 aliphatic heterocycles. The molecular formula is C32H40N4O6. The standard InChI is InChI=1S/2C14H18N2O.C4H4O4/c2*1-2-10-4-3-5-12-11(10)6-9-17-13(12)14-15-7-8-16-14;5-3(6)1-2-4(7)8/h2*3-5,13H,2,6-9H2,1H3,(H,15,16);1-2H,(H,5,6)(H,7,8)/b;;2-1+. The van der Waals surface area contributed by atoms with Crippen molar-refractivity contribution in [3.8, 4) is 0 Å². The molecule has 2 aromatic rings. The number of ether oxygens (including phenoxy) is 2. The lowest BCUT2D eigenvalue weighted by molar-refractivity contribution is -0.134. The summed E-state index contributed by atoms with van der Waals surface area (Å²) in [6.45, 7) is 9.66. The molecule has 0 aliphatic carbocycles. The molecule has 4 heterocycles. The quantitative estimate of drug-likeness (QED) is 0.383. The van der Waals surface area contributed by atoms with E-state index in [-0.39, 0.29) is 12.2 Å². The van der Waals surface area contributed by atoms with Gasteiger partial charge in [0.2, 0.25) is 0 Å². The first-order valence-electron chi connectivity index (χ1n) is 14.6. The van der Waals surface area contributed by atoms with Crippen LogP contribution in [0.5, 0.6) is 0 Å². The molecule has 4 N–H and O–H groups in total. The predicted octanol–water partition coefficient (Wildman–Crippen LogP) is 3.44. The molecule has 2 atom stereocenters. The van der Waals surface area contributed by atoms with Gasteiger partial charge in [-0.1, -0.05) is 50.2 Å². The molecule has 0 amide bonds. The van der Waals surface area contributed by atoms with Gasteiger partial charge in [0.05, 0.1) is 26.3 Å². The van der Waals surface area contributed by atoms with Crippen LogP contribution in [0.2, 0.25) is 0 Å². The number of fused-ring (bicyclic) bond motifs is 2. The highest BCUT2D eigenvalue weighted by molar-refractivity contribution is 5.90. The van der Waals surface area contributed by atoms with Crippen molar-refractivity contribution in [2.45, 2.75) is 51.7 Å². The minimum Gasteiger partial charge on any atom is -0.478 e. The van der Waals surface area contributed by atoms with E-state index in [9.17, 15) is 9.59 Å². The monoisotopic (exact) mass is 576 g/mol. The summed E-state index contributed by atoms with van der Waals surface area (Å²) < 4.78 is 11.8. The maximum Gasteiger partial charge on any atom is 0.328 e. The van der Waals surface area contributed by atoms with Crippen molar-refractivity contribution in [2.75, 3.05) is 39.4 Å². The van der Waals surface area contributed by atoms with Crippen molar-refractivity contribution in [1.82, 2.24) is 10.6 Å². The van der Waals surface area contributed by atoms with Crippen LogP contribution >= 0.6 is 0 Å². The van der Waals surface area contributed by atoms with E-state index in [4.69, 9.17) is 19.7 Å². The molecule has 2 aromatic carbocycles. The van der Waals surface area contributed by atoms with Crippen LogP contribution in [-0.2, 0) is 44.7 Å². The third-order valence-electron chi connectivity index (χ3n) is 7.48. The minimum absolute atomic E-state index is 0.0350. The Kier molecular flexibility index (Phi) is 11.2. The first-order chi connectivity index (χ1) is 20.4. The molecule has 10 heteroatoms. The summed E-state index contributed by atoms with van der Waals surface area (Å²) in [5.74, 6) is -0.488. The molecule has 0 fully saturated rings. The Morgan fingerprint density at radius 2 is 1.21 bits per heavy atom. The predicted molar refractivity (Wildman–Crippen MR) is 161 cm³/mol. The van der Waals surface area contributed by atoms with Crippen LogP contribution in [0, 0.1) is 0 Å². The largest absolute Gasteiger partial charge is 0.478 e. The lowest BCUT2D eigenvalue weighted by Crippen LogP contribution is -2.31. The maximum atomic E-state index is 9.55. The Morgan fingerprint density at radius 3 is 1.55 bits per heavy atom. The average molecular weight is 577 g/mol. The number of hydrogen-bond acceptors (Lipinski definition) is 8. The van der Waals surface area contributed by atoms with Crippen molar-refractivity contribution in [2.24, 2.45) is 9.98 Å².